The molecule has 0 aliphatic heterocycles. The zero-order valence-electron chi connectivity index (χ0n) is 14.4. The maximum atomic E-state index is 12.6. The lowest BCUT2D eigenvalue weighted by Crippen LogP contribution is -2.12. The number of rotatable bonds is 4. The number of pyridine rings is 1. The first-order valence-corrected chi connectivity index (χ1v) is 8.21. The molecule has 0 fully saturated rings. The molecule has 0 spiro atoms. The largest absolute Gasteiger partial charge is 0.322 e. The Hall–Kier alpha value is -3.55. The minimum atomic E-state index is -0.237. The van der Waals surface area contributed by atoms with E-state index in [2.05, 4.69) is 39.3 Å². The quantitative estimate of drug-likeness (QED) is 0.613. The third-order valence-corrected chi connectivity index (χ3v) is 4.05. The first kappa shape index (κ1) is 15.9. The van der Waals surface area contributed by atoms with Crippen molar-refractivity contribution < 1.29 is 4.79 Å². The Bertz CT molecular complexity index is 1070. The number of aromatic nitrogens is 6. The number of fused-ring (bicyclic) bond motifs is 1. The minimum Gasteiger partial charge on any atom is -0.322 e. The number of hydrogen-bond acceptors (Lipinski definition) is 5. The number of carbonyl (C=O) groups is 1. The summed E-state index contributed by atoms with van der Waals surface area (Å²) < 4.78 is 3.74. The molecule has 3 heterocycles. The molecule has 0 unspecified atom stereocenters. The van der Waals surface area contributed by atoms with E-state index in [1.807, 2.05) is 28.8 Å². The molecule has 0 atom stereocenters. The second-order valence-electron chi connectivity index (χ2n) is 6.19. The SMILES string of the molecule is CC(C)n1cnc2cc(C(=O)Nc3cccc(-n4cnnc4)c3)cnc21. The van der Waals surface area contributed by atoms with Crippen LogP contribution in [0.2, 0.25) is 0 Å². The molecule has 0 saturated heterocycles. The van der Waals surface area contributed by atoms with Gasteiger partial charge in [0.1, 0.15) is 18.2 Å². The van der Waals surface area contributed by atoms with E-state index in [1.165, 1.54) is 0 Å². The maximum Gasteiger partial charge on any atom is 0.257 e. The normalized spacial score (nSPS) is 11.2. The maximum absolute atomic E-state index is 12.6. The Labute approximate surface area is 149 Å². The zero-order chi connectivity index (χ0) is 18.1. The lowest BCUT2D eigenvalue weighted by Gasteiger charge is -2.09. The van der Waals surface area contributed by atoms with Crippen molar-refractivity contribution in [1.82, 2.24) is 29.3 Å². The highest BCUT2D eigenvalue weighted by Gasteiger charge is 2.12. The number of amides is 1. The number of imidazole rings is 1. The summed E-state index contributed by atoms with van der Waals surface area (Å²) in [7, 11) is 0. The fourth-order valence-corrected chi connectivity index (χ4v) is 2.70. The van der Waals surface area contributed by atoms with Crippen LogP contribution in [0, 0.1) is 0 Å². The van der Waals surface area contributed by atoms with Gasteiger partial charge in [-0.25, -0.2) is 9.97 Å². The molecular formula is C18H17N7O. The van der Waals surface area contributed by atoms with Crippen LogP contribution in [0.3, 0.4) is 0 Å². The molecule has 130 valence electrons. The highest BCUT2D eigenvalue weighted by atomic mass is 16.1. The Morgan fingerprint density at radius 1 is 1.08 bits per heavy atom. The molecule has 1 amide bonds. The number of nitrogens with one attached hydrogen (secondary N) is 1. The lowest BCUT2D eigenvalue weighted by atomic mass is 10.2. The van der Waals surface area contributed by atoms with Crippen molar-refractivity contribution in [2.75, 3.05) is 5.32 Å². The average molecular weight is 347 g/mol. The van der Waals surface area contributed by atoms with Crippen LogP contribution < -0.4 is 5.32 Å². The number of anilines is 1. The van der Waals surface area contributed by atoms with Gasteiger partial charge in [0.05, 0.1) is 17.6 Å². The van der Waals surface area contributed by atoms with Crippen LogP contribution in [0.25, 0.3) is 16.9 Å². The fourth-order valence-electron chi connectivity index (χ4n) is 2.70. The van der Waals surface area contributed by atoms with E-state index in [0.717, 1.165) is 11.3 Å². The molecule has 0 bridgehead atoms. The summed E-state index contributed by atoms with van der Waals surface area (Å²) in [6.45, 7) is 4.12. The van der Waals surface area contributed by atoms with Crippen molar-refractivity contribution in [3.8, 4) is 5.69 Å². The number of hydrogen-bond donors (Lipinski definition) is 1. The molecule has 0 aliphatic rings. The molecule has 1 aromatic carbocycles. The molecule has 0 saturated carbocycles. The van der Waals surface area contributed by atoms with Gasteiger partial charge in [0.25, 0.3) is 5.91 Å². The Morgan fingerprint density at radius 3 is 2.65 bits per heavy atom. The first-order chi connectivity index (χ1) is 12.6. The zero-order valence-corrected chi connectivity index (χ0v) is 14.4. The van der Waals surface area contributed by atoms with Gasteiger partial charge in [0.2, 0.25) is 0 Å². The van der Waals surface area contributed by atoms with E-state index >= 15 is 0 Å². The number of nitrogens with zero attached hydrogens (tertiary/aromatic N) is 6. The van der Waals surface area contributed by atoms with Crippen LogP contribution in [0.15, 0.2) is 55.5 Å². The van der Waals surface area contributed by atoms with Crippen molar-refractivity contribution >= 4 is 22.8 Å². The average Bonchev–Trinajstić information content (AvgIpc) is 3.31. The van der Waals surface area contributed by atoms with Crippen LogP contribution >= 0.6 is 0 Å². The molecule has 0 aliphatic carbocycles. The Morgan fingerprint density at radius 2 is 1.88 bits per heavy atom. The van der Waals surface area contributed by atoms with Crippen LogP contribution in [0.1, 0.15) is 30.2 Å². The predicted molar refractivity (Wildman–Crippen MR) is 97.2 cm³/mol. The summed E-state index contributed by atoms with van der Waals surface area (Å²) in [6, 6.07) is 9.45. The van der Waals surface area contributed by atoms with E-state index in [-0.39, 0.29) is 11.9 Å². The summed E-state index contributed by atoms with van der Waals surface area (Å²) in [5.41, 5.74) is 3.46. The molecular weight excluding hydrogens is 330 g/mol. The van der Waals surface area contributed by atoms with Gasteiger partial charge in [0, 0.05) is 17.9 Å². The third kappa shape index (κ3) is 2.92. The smallest absolute Gasteiger partial charge is 0.257 e. The van der Waals surface area contributed by atoms with Crippen molar-refractivity contribution in [1.29, 1.82) is 0 Å². The number of benzene rings is 1. The molecule has 8 nitrogen and oxygen atoms in total. The molecule has 26 heavy (non-hydrogen) atoms. The van der Waals surface area contributed by atoms with Gasteiger partial charge in [-0.3, -0.25) is 9.36 Å². The Kier molecular flexibility index (Phi) is 3.92. The molecule has 3 aromatic heterocycles. The highest BCUT2D eigenvalue weighted by molar-refractivity contribution is 6.05. The van der Waals surface area contributed by atoms with Gasteiger partial charge in [-0.2, -0.15) is 0 Å². The van der Waals surface area contributed by atoms with Crippen LogP contribution in [0.4, 0.5) is 5.69 Å². The molecule has 8 heteroatoms. The van der Waals surface area contributed by atoms with Crippen LogP contribution in [-0.2, 0) is 0 Å². The first-order valence-electron chi connectivity index (χ1n) is 8.21. The van der Waals surface area contributed by atoms with Gasteiger partial charge >= 0.3 is 0 Å². The van der Waals surface area contributed by atoms with Gasteiger partial charge in [-0.1, -0.05) is 6.07 Å². The van der Waals surface area contributed by atoms with Gasteiger partial charge in [0.15, 0.2) is 5.65 Å². The highest BCUT2D eigenvalue weighted by Crippen LogP contribution is 2.18. The van der Waals surface area contributed by atoms with E-state index in [0.29, 0.717) is 16.8 Å². The lowest BCUT2D eigenvalue weighted by molar-refractivity contribution is 0.102. The summed E-state index contributed by atoms with van der Waals surface area (Å²) in [5, 5.41) is 10.5. The van der Waals surface area contributed by atoms with Crippen molar-refractivity contribution in [2.24, 2.45) is 0 Å². The van der Waals surface area contributed by atoms with Crippen LogP contribution in [0.5, 0.6) is 0 Å². The van der Waals surface area contributed by atoms with Gasteiger partial charge in [-0.15, -0.1) is 10.2 Å². The topological polar surface area (TPSA) is 90.5 Å². The second kappa shape index (κ2) is 6.40. The monoisotopic (exact) mass is 347 g/mol. The van der Waals surface area contributed by atoms with E-state index < -0.39 is 0 Å². The van der Waals surface area contributed by atoms with Crippen molar-refractivity contribution in [2.45, 2.75) is 19.9 Å². The van der Waals surface area contributed by atoms with E-state index in [4.69, 9.17) is 0 Å². The molecule has 4 aromatic rings. The molecule has 0 radical (unpaired) electrons. The summed E-state index contributed by atoms with van der Waals surface area (Å²) in [5.74, 6) is -0.237. The fraction of sp³-hybridized carbons (Fsp3) is 0.167. The molecule has 1 N–H and O–H groups in total. The summed E-state index contributed by atoms with van der Waals surface area (Å²) >= 11 is 0. The van der Waals surface area contributed by atoms with Gasteiger partial charge in [-0.05, 0) is 38.1 Å². The second-order valence-corrected chi connectivity index (χ2v) is 6.19. The van der Waals surface area contributed by atoms with E-state index in [9.17, 15) is 4.79 Å². The summed E-state index contributed by atoms with van der Waals surface area (Å²) in [6.07, 6.45) is 6.52. The summed E-state index contributed by atoms with van der Waals surface area (Å²) in [4.78, 5) is 21.3. The third-order valence-electron chi connectivity index (χ3n) is 4.05. The van der Waals surface area contributed by atoms with E-state index in [1.54, 1.807) is 35.8 Å². The van der Waals surface area contributed by atoms with Crippen molar-refractivity contribution in [3.63, 3.8) is 0 Å². The minimum absolute atomic E-state index is 0.237. The number of carbonyl (C=O) groups excluding carboxylic acids is 1. The molecule has 4 rings (SSSR count). The van der Waals surface area contributed by atoms with Crippen LogP contribution in [-0.4, -0.2) is 35.2 Å². The Balaban J connectivity index is 1.59. The predicted octanol–water partition coefficient (Wildman–Crippen LogP) is 2.85. The van der Waals surface area contributed by atoms with Crippen molar-refractivity contribution in [3.05, 3.63) is 61.1 Å². The standard InChI is InChI=1S/C18H17N7O/c1-12(2)25-9-20-16-6-13(8-19-17(16)25)18(26)23-14-4-3-5-15(7-14)24-10-21-22-11-24/h3-12H,1-2H3,(H,23,26). The van der Waals surface area contributed by atoms with Gasteiger partial charge < -0.3 is 9.88 Å².